The van der Waals surface area contributed by atoms with Crippen molar-refractivity contribution in [2.24, 2.45) is 7.05 Å². The number of hydrogen-bond acceptors (Lipinski definition) is 2. The van der Waals surface area contributed by atoms with Crippen LogP contribution in [0.25, 0.3) is 28.0 Å². The fourth-order valence-electron chi connectivity index (χ4n) is 5.05. The van der Waals surface area contributed by atoms with Crippen molar-refractivity contribution in [1.29, 1.82) is 0 Å². The number of imidazole rings is 1. The molecule has 2 aromatic carbocycles. The maximum absolute atomic E-state index is 5.19. The van der Waals surface area contributed by atoms with Crippen LogP contribution < -0.4 is 0 Å². The third kappa shape index (κ3) is 2.65. The first kappa shape index (κ1) is 17.6. The lowest BCUT2D eigenvalue weighted by Gasteiger charge is -2.13. The third-order valence-corrected chi connectivity index (χ3v) is 6.84. The molecule has 0 spiro atoms. The van der Waals surface area contributed by atoms with Gasteiger partial charge in [0.2, 0.25) is 0 Å². The summed E-state index contributed by atoms with van der Waals surface area (Å²) in [7, 11) is 2.16. The number of rotatable bonds is 3. The van der Waals surface area contributed by atoms with Gasteiger partial charge in [-0.15, -0.1) is 0 Å². The molecule has 1 fully saturated rings. The molecular weight excluding hydrogens is 366 g/mol. The number of benzene rings is 2. The molecule has 3 unspecified atom stereocenters. The zero-order valence-corrected chi connectivity index (χ0v) is 17.4. The fourth-order valence-corrected chi connectivity index (χ4v) is 5.05. The molecule has 1 saturated carbocycles. The molecule has 148 valence electrons. The Morgan fingerprint density at radius 3 is 2.77 bits per heavy atom. The van der Waals surface area contributed by atoms with Crippen LogP contribution in [-0.2, 0) is 7.05 Å². The summed E-state index contributed by atoms with van der Waals surface area (Å²) in [5, 5.41) is 1.20. The van der Waals surface area contributed by atoms with Crippen molar-refractivity contribution in [2.75, 3.05) is 0 Å². The van der Waals surface area contributed by atoms with Crippen LogP contribution in [0.5, 0.6) is 0 Å². The van der Waals surface area contributed by atoms with Gasteiger partial charge in [0.1, 0.15) is 5.82 Å². The maximum Gasteiger partial charge on any atom is 0.113 e. The lowest BCUT2D eigenvalue weighted by Crippen LogP contribution is -1.98. The number of allylic oxidation sites excluding steroid dienone is 3. The van der Waals surface area contributed by atoms with E-state index in [4.69, 9.17) is 9.97 Å². The van der Waals surface area contributed by atoms with Gasteiger partial charge in [-0.05, 0) is 36.6 Å². The van der Waals surface area contributed by atoms with Crippen LogP contribution in [0.3, 0.4) is 0 Å². The van der Waals surface area contributed by atoms with Crippen molar-refractivity contribution < 1.29 is 0 Å². The smallest absolute Gasteiger partial charge is 0.113 e. The molecule has 0 amide bonds. The van der Waals surface area contributed by atoms with Gasteiger partial charge in [0, 0.05) is 41.4 Å². The standard InChI is InChI=1S/C27H25N3/c1-3-17-8-4-6-10-20-19(17)13-15-25-26(20)29-27(30(25)2)22-16-21(22)24-14-12-18-9-5-7-11-23(18)28-24/h4-15,17,21-22H,3,16H2,1-2H3. The molecule has 6 rings (SSSR count). The average Bonchev–Trinajstić information content (AvgIpc) is 3.54. The van der Waals surface area contributed by atoms with Crippen LogP contribution in [0, 0.1) is 0 Å². The summed E-state index contributed by atoms with van der Waals surface area (Å²) in [4.78, 5) is 10.1. The highest BCUT2D eigenvalue weighted by molar-refractivity contribution is 5.88. The van der Waals surface area contributed by atoms with Crippen LogP contribution in [-0.4, -0.2) is 14.5 Å². The van der Waals surface area contributed by atoms with Gasteiger partial charge in [-0.3, -0.25) is 4.98 Å². The second kappa shape index (κ2) is 6.66. The predicted octanol–water partition coefficient (Wildman–Crippen LogP) is 6.47. The van der Waals surface area contributed by atoms with Gasteiger partial charge in [-0.25, -0.2) is 4.98 Å². The minimum atomic E-state index is 0.446. The first-order chi connectivity index (χ1) is 14.7. The monoisotopic (exact) mass is 391 g/mol. The van der Waals surface area contributed by atoms with Crippen LogP contribution in [0.1, 0.15) is 60.2 Å². The molecule has 2 aliphatic carbocycles. The molecule has 3 nitrogen and oxygen atoms in total. The normalized spacial score (nSPS) is 22.4. The van der Waals surface area contributed by atoms with Crippen LogP contribution in [0.4, 0.5) is 0 Å². The van der Waals surface area contributed by atoms with Crippen LogP contribution >= 0.6 is 0 Å². The number of nitrogens with zero attached hydrogens (tertiary/aromatic N) is 3. The molecule has 3 atom stereocenters. The second-order valence-corrected chi connectivity index (χ2v) is 8.60. The fraction of sp³-hybridized carbons (Fsp3) is 0.259. The Morgan fingerprint density at radius 1 is 0.967 bits per heavy atom. The summed E-state index contributed by atoms with van der Waals surface area (Å²) in [6, 6.07) is 17.3. The molecular formula is C27H25N3. The number of aryl methyl sites for hydroxylation is 1. The minimum Gasteiger partial charge on any atom is -0.331 e. The summed E-state index contributed by atoms with van der Waals surface area (Å²) in [6.45, 7) is 2.25. The van der Waals surface area contributed by atoms with E-state index < -0.39 is 0 Å². The Labute approximate surface area is 176 Å². The number of pyridine rings is 1. The largest absolute Gasteiger partial charge is 0.331 e. The van der Waals surface area contributed by atoms with E-state index in [1.807, 2.05) is 0 Å². The lowest BCUT2D eigenvalue weighted by molar-refractivity contribution is 0.799. The van der Waals surface area contributed by atoms with E-state index in [2.05, 4.69) is 91.4 Å². The quantitative estimate of drug-likeness (QED) is 0.401. The summed E-state index contributed by atoms with van der Waals surface area (Å²) in [6.07, 6.45) is 11.1. The summed E-state index contributed by atoms with van der Waals surface area (Å²) >= 11 is 0. The highest BCUT2D eigenvalue weighted by Gasteiger charge is 2.43. The second-order valence-electron chi connectivity index (χ2n) is 8.60. The van der Waals surface area contributed by atoms with E-state index in [1.54, 1.807) is 0 Å². The SMILES string of the molecule is CCC1C=CC=Cc2c1ccc1c2nc(C2CC2c2ccc3ccccc3n2)n1C. The highest BCUT2D eigenvalue weighted by Crippen LogP contribution is 2.54. The van der Waals surface area contributed by atoms with E-state index >= 15 is 0 Å². The van der Waals surface area contributed by atoms with Crippen molar-refractivity contribution in [3.63, 3.8) is 0 Å². The summed E-state index contributed by atoms with van der Waals surface area (Å²) < 4.78 is 2.30. The lowest BCUT2D eigenvalue weighted by atomic mass is 9.92. The number of fused-ring (bicyclic) bond motifs is 4. The molecule has 0 radical (unpaired) electrons. The Morgan fingerprint density at radius 2 is 1.87 bits per heavy atom. The molecule has 2 aromatic heterocycles. The topological polar surface area (TPSA) is 30.7 Å². The van der Waals surface area contributed by atoms with Crippen molar-refractivity contribution in [1.82, 2.24) is 14.5 Å². The molecule has 0 saturated heterocycles. The number of hydrogen-bond donors (Lipinski definition) is 0. The Bertz CT molecular complexity index is 1340. The molecule has 4 aromatic rings. The van der Waals surface area contributed by atoms with E-state index in [-0.39, 0.29) is 0 Å². The Kier molecular flexibility index (Phi) is 3.92. The van der Waals surface area contributed by atoms with E-state index in [1.165, 1.54) is 33.5 Å². The first-order valence-electron chi connectivity index (χ1n) is 10.9. The van der Waals surface area contributed by atoms with Gasteiger partial charge >= 0.3 is 0 Å². The summed E-state index contributed by atoms with van der Waals surface area (Å²) in [5.74, 6) is 2.56. The van der Waals surface area contributed by atoms with Crippen molar-refractivity contribution >= 4 is 28.0 Å². The molecule has 0 aliphatic heterocycles. The molecule has 2 aliphatic rings. The first-order valence-corrected chi connectivity index (χ1v) is 10.9. The molecule has 0 bridgehead atoms. The number of para-hydroxylation sites is 1. The summed E-state index contributed by atoms with van der Waals surface area (Å²) in [5.41, 5.74) is 7.32. The van der Waals surface area contributed by atoms with Gasteiger partial charge in [0.05, 0.1) is 16.6 Å². The van der Waals surface area contributed by atoms with Crippen molar-refractivity contribution in [2.45, 2.75) is 37.5 Å². The van der Waals surface area contributed by atoms with Crippen LogP contribution in [0.2, 0.25) is 0 Å². The number of aromatic nitrogens is 3. The minimum absolute atomic E-state index is 0.446. The predicted molar refractivity (Wildman–Crippen MR) is 124 cm³/mol. The zero-order chi connectivity index (χ0) is 20.2. The Hall–Kier alpha value is -3.20. The maximum atomic E-state index is 5.19. The highest BCUT2D eigenvalue weighted by atomic mass is 15.1. The van der Waals surface area contributed by atoms with Gasteiger partial charge < -0.3 is 4.57 Å². The molecule has 3 heteroatoms. The van der Waals surface area contributed by atoms with Crippen LogP contribution in [0.15, 0.2) is 66.8 Å². The van der Waals surface area contributed by atoms with E-state index in [0.29, 0.717) is 17.8 Å². The third-order valence-electron chi connectivity index (χ3n) is 6.84. The van der Waals surface area contributed by atoms with E-state index in [9.17, 15) is 0 Å². The Balaban J connectivity index is 1.40. The molecule has 2 heterocycles. The van der Waals surface area contributed by atoms with Gasteiger partial charge in [0.25, 0.3) is 0 Å². The zero-order valence-electron chi connectivity index (χ0n) is 17.4. The van der Waals surface area contributed by atoms with E-state index in [0.717, 1.165) is 23.9 Å². The average molecular weight is 392 g/mol. The van der Waals surface area contributed by atoms with Gasteiger partial charge in [-0.1, -0.05) is 61.6 Å². The van der Waals surface area contributed by atoms with Gasteiger partial charge in [-0.2, -0.15) is 0 Å². The molecule has 0 N–H and O–H groups in total. The molecule has 30 heavy (non-hydrogen) atoms. The van der Waals surface area contributed by atoms with Gasteiger partial charge in [0.15, 0.2) is 0 Å². The van der Waals surface area contributed by atoms with Crippen molar-refractivity contribution in [3.05, 3.63) is 89.4 Å². The van der Waals surface area contributed by atoms with Crippen molar-refractivity contribution in [3.8, 4) is 0 Å².